The summed E-state index contributed by atoms with van der Waals surface area (Å²) >= 11 is 0. The van der Waals surface area contributed by atoms with E-state index in [1.807, 2.05) is 52.0 Å². The number of amides is 1. The lowest BCUT2D eigenvalue weighted by Crippen LogP contribution is -2.36. The number of carbonyl (C=O) groups is 1. The molecule has 2 heterocycles. The second kappa shape index (κ2) is 6.11. The molecule has 3 rings (SSSR count). The van der Waals surface area contributed by atoms with Crippen molar-refractivity contribution in [1.82, 2.24) is 19.9 Å². The third kappa shape index (κ3) is 3.32. The Kier molecular flexibility index (Phi) is 4.13. The highest BCUT2D eigenvalue weighted by Crippen LogP contribution is 2.22. The summed E-state index contributed by atoms with van der Waals surface area (Å²) in [6.07, 6.45) is 1.44. The van der Waals surface area contributed by atoms with E-state index in [0.29, 0.717) is 13.1 Å². The van der Waals surface area contributed by atoms with Crippen LogP contribution in [0.3, 0.4) is 0 Å². The zero-order valence-corrected chi connectivity index (χ0v) is 14.5. The van der Waals surface area contributed by atoms with Gasteiger partial charge in [0.1, 0.15) is 11.4 Å². The largest absolute Gasteiger partial charge is 0.444 e. The molecule has 1 aromatic carbocycles. The van der Waals surface area contributed by atoms with E-state index >= 15 is 0 Å². The van der Waals surface area contributed by atoms with Crippen LogP contribution in [0.4, 0.5) is 4.79 Å². The highest BCUT2D eigenvalue weighted by Gasteiger charge is 2.22. The van der Waals surface area contributed by atoms with Gasteiger partial charge in [-0.1, -0.05) is 18.2 Å². The molecule has 6 nitrogen and oxygen atoms in total. The molecule has 0 unspecified atom stereocenters. The lowest BCUT2D eigenvalue weighted by atomic mass is 10.2. The number of imidazole rings is 1. The van der Waals surface area contributed by atoms with Crippen molar-refractivity contribution in [3.63, 3.8) is 0 Å². The highest BCUT2D eigenvalue weighted by atomic mass is 16.6. The molecule has 126 valence electrons. The minimum Gasteiger partial charge on any atom is -0.444 e. The van der Waals surface area contributed by atoms with Crippen LogP contribution in [0.5, 0.6) is 0 Å². The average molecular weight is 326 g/mol. The van der Waals surface area contributed by atoms with Crippen molar-refractivity contribution in [3.8, 4) is 0 Å². The number of para-hydroxylation sites is 1. The smallest absolute Gasteiger partial charge is 0.410 e. The summed E-state index contributed by atoms with van der Waals surface area (Å²) < 4.78 is 5.44. The molecule has 2 aromatic heterocycles. The predicted molar refractivity (Wildman–Crippen MR) is 93.7 cm³/mol. The van der Waals surface area contributed by atoms with Gasteiger partial charge < -0.3 is 14.6 Å². The Balaban J connectivity index is 1.89. The van der Waals surface area contributed by atoms with Gasteiger partial charge >= 0.3 is 6.09 Å². The first kappa shape index (κ1) is 16.2. The molecule has 6 heteroatoms. The number of carbonyl (C=O) groups excluding carboxylic acids is 1. The molecule has 0 aliphatic rings. The Morgan fingerprint density at radius 1 is 1.29 bits per heavy atom. The molecule has 0 atom stereocenters. The van der Waals surface area contributed by atoms with Gasteiger partial charge in [-0.2, -0.15) is 0 Å². The van der Waals surface area contributed by atoms with E-state index in [1.165, 1.54) is 0 Å². The normalized spacial score (nSPS) is 11.8. The van der Waals surface area contributed by atoms with Gasteiger partial charge in [-0.3, -0.25) is 4.98 Å². The second-order valence-corrected chi connectivity index (χ2v) is 6.72. The van der Waals surface area contributed by atoms with Gasteiger partial charge in [-0.15, -0.1) is 0 Å². The van der Waals surface area contributed by atoms with Crippen LogP contribution >= 0.6 is 0 Å². The Morgan fingerprint density at radius 3 is 2.75 bits per heavy atom. The topological polar surface area (TPSA) is 71.1 Å². The molecule has 0 saturated carbocycles. The van der Waals surface area contributed by atoms with Crippen molar-refractivity contribution in [2.45, 2.75) is 39.8 Å². The zero-order chi connectivity index (χ0) is 17.3. The molecule has 0 fully saturated rings. The number of benzene rings is 1. The molecule has 3 aromatic rings. The molecule has 0 bridgehead atoms. The van der Waals surface area contributed by atoms with E-state index in [-0.39, 0.29) is 6.09 Å². The van der Waals surface area contributed by atoms with Crippen LogP contribution in [0.2, 0.25) is 0 Å². The van der Waals surface area contributed by atoms with E-state index in [2.05, 4.69) is 15.0 Å². The van der Waals surface area contributed by atoms with Gasteiger partial charge in [0.2, 0.25) is 0 Å². The lowest BCUT2D eigenvalue weighted by Gasteiger charge is -2.25. The van der Waals surface area contributed by atoms with E-state index in [4.69, 9.17) is 4.74 Å². The summed E-state index contributed by atoms with van der Waals surface area (Å²) in [6, 6.07) is 7.88. The van der Waals surface area contributed by atoms with Crippen LogP contribution in [0.25, 0.3) is 21.9 Å². The molecular formula is C18H22N4O2. The Labute approximate surface area is 140 Å². The fraction of sp³-hybridized carbons (Fsp3) is 0.389. The summed E-state index contributed by atoms with van der Waals surface area (Å²) in [5, 5.41) is 0.998. The molecular weight excluding hydrogens is 304 g/mol. The first-order valence-corrected chi connectivity index (χ1v) is 8.07. The monoisotopic (exact) mass is 326 g/mol. The third-order valence-corrected chi connectivity index (χ3v) is 3.65. The average Bonchev–Trinajstić information content (AvgIpc) is 2.94. The second-order valence-electron chi connectivity index (χ2n) is 6.72. The van der Waals surface area contributed by atoms with Crippen LogP contribution in [0.1, 0.15) is 33.5 Å². The minimum atomic E-state index is -0.515. The summed E-state index contributed by atoms with van der Waals surface area (Å²) in [5.74, 6) is 0.718. The van der Waals surface area contributed by atoms with E-state index in [1.54, 1.807) is 11.1 Å². The maximum atomic E-state index is 12.3. The maximum Gasteiger partial charge on any atom is 0.410 e. The molecule has 0 aliphatic carbocycles. The Hall–Kier alpha value is -2.63. The van der Waals surface area contributed by atoms with Gasteiger partial charge in [-0.05, 0) is 33.8 Å². The maximum absolute atomic E-state index is 12.3. The molecule has 0 spiro atoms. The molecule has 1 N–H and O–H groups in total. The zero-order valence-electron chi connectivity index (χ0n) is 14.5. The molecule has 0 radical (unpaired) electrons. The van der Waals surface area contributed by atoms with Gasteiger partial charge in [-0.25, -0.2) is 9.78 Å². The molecule has 1 amide bonds. The SMILES string of the molecule is CCN(Cc1nc2c(cnc3ccccc32)[nH]1)C(=O)OC(C)(C)C. The number of hydrogen-bond donors (Lipinski definition) is 1. The Bertz CT molecular complexity index is 879. The first-order chi connectivity index (χ1) is 11.4. The van der Waals surface area contributed by atoms with Crippen molar-refractivity contribution in [1.29, 1.82) is 0 Å². The fourth-order valence-electron chi connectivity index (χ4n) is 2.54. The Morgan fingerprint density at radius 2 is 2.04 bits per heavy atom. The van der Waals surface area contributed by atoms with Crippen molar-refractivity contribution in [2.24, 2.45) is 0 Å². The van der Waals surface area contributed by atoms with Gasteiger partial charge in [0.25, 0.3) is 0 Å². The fourth-order valence-corrected chi connectivity index (χ4v) is 2.54. The highest BCUT2D eigenvalue weighted by molar-refractivity contribution is 6.01. The number of hydrogen-bond acceptors (Lipinski definition) is 4. The summed E-state index contributed by atoms with van der Waals surface area (Å²) in [6.45, 7) is 8.41. The van der Waals surface area contributed by atoms with Crippen molar-refractivity contribution in [2.75, 3.05) is 6.54 Å². The molecule has 0 saturated heterocycles. The van der Waals surface area contributed by atoms with Crippen LogP contribution in [-0.4, -0.2) is 38.1 Å². The quantitative estimate of drug-likeness (QED) is 0.793. The predicted octanol–water partition coefficient (Wildman–Crippen LogP) is 3.87. The number of nitrogens with zero attached hydrogens (tertiary/aromatic N) is 3. The van der Waals surface area contributed by atoms with E-state index in [0.717, 1.165) is 27.8 Å². The minimum absolute atomic E-state index is 0.339. The van der Waals surface area contributed by atoms with Crippen LogP contribution in [0.15, 0.2) is 30.5 Å². The summed E-state index contributed by atoms with van der Waals surface area (Å²) in [7, 11) is 0. The number of nitrogens with one attached hydrogen (secondary N) is 1. The first-order valence-electron chi connectivity index (χ1n) is 8.07. The lowest BCUT2D eigenvalue weighted by molar-refractivity contribution is 0.0240. The number of H-pyrrole nitrogens is 1. The standard InChI is InChI=1S/C18H22N4O2/c1-5-22(17(23)24-18(2,3)4)11-15-20-14-10-19-13-9-7-6-8-12(13)16(14)21-15/h6-10H,5,11H2,1-4H3,(H,20,21). The van der Waals surface area contributed by atoms with Crippen molar-refractivity contribution in [3.05, 3.63) is 36.3 Å². The number of pyridine rings is 1. The third-order valence-electron chi connectivity index (χ3n) is 3.65. The van der Waals surface area contributed by atoms with Crippen molar-refractivity contribution >= 4 is 28.0 Å². The van der Waals surface area contributed by atoms with Crippen molar-refractivity contribution < 1.29 is 9.53 Å². The number of fused-ring (bicyclic) bond motifs is 3. The summed E-state index contributed by atoms with van der Waals surface area (Å²) in [4.78, 5) is 26.2. The number of aromatic nitrogens is 3. The number of ether oxygens (including phenoxy) is 1. The molecule has 24 heavy (non-hydrogen) atoms. The van der Waals surface area contributed by atoms with Crippen LogP contribution in [-0.2, 0) is 11.3 Å². The number of aromatic amines is 1. The van der Waals surface area contributed by atoms with Gasteiger partial charge in [0, 0.05) is 11.9 Å². The van der Waals surface area contributed by atoms with Gasteiger partial charge in [0.15, 0.2) is 0 Å². The molecule has 0 aliphatic heterocycles. The van der Waals surface area contributed by atoms with Crippen LogP contribution in [0, 0.1) is 0 Å². The van der Waals surface area contributed by atoms with E-state index in [9.17, 15) is 4.79 Å². The number of rotatable bonds is 3. The van der Waals surface area contributed by atoms with Crippen LogP contribution < -0.4 is 0 Å². The van der Waals surface area contributed by atoms with Gasteiger partial charge in [0.05, 0.1) is 29.3 Å². The van der Waals surface area contributed by atoms with E-state index < -0.39 is 5.60 Å². The summed E-state index contributed by atoms with van der Waals surface area (Å²) in [5.41, 5.74) is 2.13.